The molecule has 2 unspecified atom stereocenters. The summed E-state index contributed by atoms with van der Waals surface area (Å²) in [6, 6.07) is 5.78. The lowest BCUT2D eigenvalue weighted by Crippen LogP contribution is -2.32. The second-order valence-electron chi connectivity index (χ2n) is 5.91. The average molecular weight is 278 g/mol. The van der Waals surface area contributed by atoms with Gasteiger partial charge in [-0.05, 0) is 32.8 Å². The molecule has 112 valence electrons. The fraction of sp³-hybridized carbons (Fsp3) is 0.625. The van der Waals surface area contributed by atoms with E-state index < -0.39 is 0 Å². The van der Waals surface area contributed by atoms with Crippen LogP contribution in [-0.4, -0.2) is 23.4 Å². The number of nitrogens with one attached hydrogen (secondary N) is 1. The largest absolute Gasteiger partial charge is 0.491 e. The van der Waals surface area contributed by atoms with Crippen molar-refractivity contribution < 1.29 is 9.84 Å². The monoisotopic (exact) mass is 278 g/mol. The first-order chi connectivity index (χ1) is 9.54. The minimum Gasteiger partial charge on any atom is -0.491 e. The normalized spacial score (nSPS) is 23.4. The van der Waals surface area contributed by atoms with Gasteiger partial charge in [-0.1, -0.05) is 19.3 Å². The summed E-state index contributed by atoms with van der Waals surface area (Å²) < 4.78 is 5.69. The molecule has 20 heavy (non-hydrogen) atoms. The van der Waals surface area contributed by atoms with Crippen LogP contribution >= 0.6 is 0 Å². The molecule has 2 rings (SSSR count). The van der Waals surface area contributed by atoms with Gasteiger partial charge in [0.2, 0.25) is 0 Å². The summed E-state index contributed by atoms with van der Waals surface area (Å²) >= 11 is 0. The van der Waals surface area contributed by atoms with Crippen LogP contribution in [-0.2, 0) is 0 Å². The zero-order valence-corrected chi connectivity index (χ0v) is 12.4. The number of aliphatic hydroxyl groups is 1. The highest BCUT2D eigenvalue weighted by Gasteiger charge is 2.21. The number of rotatable bonds is 4. The Bertz CT molecular complexity index is 434. The number of nitrogens with two attached hydrogens (primary N) is 1. The zero-order valence-electron chi connectivity index (χ0n) is 12.4. The van der Waals surface area contributed by atoms with E-state index in [-0.39, 0.29) is 18.2 Å². The predicted octanol–water partition coefficient (Wildman–Crippen LogP) is 3.16. The minimum atomic E-state index is -0.284. The maximum atomic E-state index is 10.2. The van der Waals surface area contributed by atoms with Gasteiger partial charge >= 0.3 is 0 Å². The van der Waals surface area contributed by atoms with Crippen molar-refractivity contribution in [2.45, 2.75) is 64.2 Å². The van der Waals surface area contributed by atoms with E-state index in [1.165, 1.54) is 6.42 Å². The second-order valence-corrected chi connectivity index (χ2v) is 5.91. The molecule has 0 aromatic heterocycles. The Hall–Kier alpha value is -1.42. The summed E-state index contributed by atoms with van der Waals surface area (Å²) in [5.74, 6) is 0.769. The Morgan fingerprint density at radius 3 is 2.70 bits per heavy atom. The molecule has 4 nitrogen and oxygen atoms in total. The molecule has 1 aliphatic carbocycles. The highest BCUT2D eigenvalue weighted by Crippen LogP contribution is 2.27. The van der Waals surface area contributed by atoms with Gasteiger partial charge in [0.1, 0.15) is 5.75 Å². The Morgan fingerprint density at radius 2 is 1.95 bits per heavy atom. The molecule has 4 heteroatoms. The minimum absolute atomic E-state index is 0.103. The van der Waals surface area contributed by atoms with Gasteiger partial charge in [0.25, 0.3) is 0 Å². The van der Waals surface area contributed by atoms with Gasteiger partial charge in [-0.25, -0.2) is 0 Å². The molecule has 0 aliphatic heterocycles. The predicted molar refractivity (Wildman–Crippen MR) is 83.1 cm³/mol. The molecule has 1 aliphatic rings. The van der Waals surface area contributed by atoms with Crippen molar-refractivity contribution >= 4 is 11.4 Å². The summed E-state index contributed by atoms with van der Waals surface area (Å²) in [7, 11) is 0. The number of nitrogen functional groups attached to an aromatic ring is 1. The van der Waals surface area contributed by atoms with Crippen LogP contribution in [0.1, 0.15) is 46.0 Å². The van der Waals surface area contributed by atoms with Gasteiger partial charge in [-0.15, -0.1) is 0 Å². The van der Waals surface area contributed by atoms with Crippen molar-refractivity contribution in [2.75, 3.05) is 11.1 Å². The van der Waals surface area contributed by atoms with Gasteiger partial charge in [0.05, 0.1) is 18.2 Å². The van der Waals surface area contributed by atoms with E-state index in [2.05, 4.69) is 5.32 Å². The standard InChI is InChI=1S/C16H26N2O2/c1-11(2)20-14-9-12(17)8-13(10-14)18-15-6-4-3-5-7-16(15)19/h8-11,15-16,18-19H,3-7,17H2,1-2H3. The summed E-state index contributed by atoms with van der Waals surface area (Å²) in [5.41, 5.74) is 7.52. The van der Waals surface area contributed by atoms with Crippen molar-refractivity contribution in [1.29, 1.82) is 0 Å². The molecule has 0 saturated heterocycles. The van der Waals surface area contributed by atoms with Crippen LogP contribution in [0.15, 0.2) is 18.2 Å². The first-order valence-electron chi connectivity index (χ1n) is 7.56. The Morgan fingerprint density at radius 1 is 1.20 bits per heavy atom. The molecule has 4 N–H and O–H groups in total. The maximum absolute atomic E-state index is 10.2. The van der Waals surface area contributed by atoms with E-state index in [4.69, 9.17) is 10.5 Å². The molecule has 1 fully saturated rings. The zero-order chi connectivity index (χ0) is 14.5. The second kappa shape index (κ2) is 6.84. The molecule has 0 bridgehead atoms. The first kappa shape index (κ1) is 15.0. The third-order valence-corrected chi connectivity index (χ3v) is 3.63. The van der Waals surface area contributed by atoms with Gasteiger partial charge in [0.15, 0.2) is 0 Å². The van der Waals surface area contributed by atoms with Gasteiger partial charge in [0, 0.05) is 23.5 Å². The smallest absolute Gasteiger partial charge is 0.123 e. The van der Waals surface area contributed by atoms with Crippen molar-refractivity contribution in [3.05, 3.63) is 18.2 Å². The molecule has 2 atom stereocenters. The van der Waals surface area contributed by atoms with E-state index >= 15 is 0 Å². The molecular formula is C16H26N2O2. The van der Waals surface area contributed by atoms with E-state index in [0.717, 1.165) is 37.1 Å². The van der Waals surface area contributed by atoms with Crippen molar-refractivity contribution in [3.63, 3.8) is 0 Å². The third kappa shape index (κ3) is 4.30. The number of anilines is 2. The van der Waals surface area contributed by atoms with Gasteiger partial charge in [-0.3, -0.25) is 0 Å². The van der Waals surface area contributed by atoms with Crippen molar-refractivity contribution in [1.82, 2.24) is 0 Å². The molecule has 1 saturated carbocycles. The molecule has 0 amide bonds. The van der Waals surface area contributed by atoms with E-state index in [1.807, 2.05) is 32.0 Å². The molecule has 1 aromatic carbocycles. The Balaban J connectivity index is 2.09. The van der Waals surface area contributed by atoms with Gasteiger partial charge in [-0.2, -0.15) is 0 Å². The fourth-order valence-corrected chi connectivity index (χ4v) is 2.72. The topological polar surface area (TPSA) is 67.5 Å². The lowest BCUT2D eigenvalue weighted by Gasteiger charge is -2.23. The van der Waals surface area contributed by atoms with Gasteiger partial charge < -0.3 is 20.9 Å². The molecule has 0 spiro atoms. The van der Waals surface area contributed by atoms with E-state index in [0.29, 0.717) is 5.69 Å². The van der Waals surface area contributed by atoms with Crippen LogP contribution in [0.5, 0.6) is 5.75 Å². The quantitative estimate of drug-likeness (QED) is 0.584. The summed E-state index contributed by atoms with van der Waals surface area (Å²) in [6.07, 6.45) is 5.17. The van der Waals surface area contributed by atoms with Crippen LogP contribution in [0.2, 0.25) is 0 Å². The van der Waals surface area contributed by atoms with E-state index in [1.54, 1.807) is 0 Å². The van der Waals surface area contributed by atoms with Crippen molar-refractivity contribution in [3.8, 4) is 5.75 Å². The highest BCUT2D eigenvalue weighted by molar-refractivity contribution is 5.59. The average Bonchev–Trinajstić information content (AvgIpc) is 2.53. The number of ether oxygens (including phenoxy) is 1. The lowest BCUT2D eigenvalue weighted by molar-refractivity contribution is 0.144. The fourth-order valence-electron chi connectivity index (χ4n) is 2.72. The summed E-state index contributed by atoms with van der Waals surface area (Å²) in [6.45, 7) is 3.98. The number of hydrogen-bond acceptors (Lipinski definition) is 4. The highest BCUT2D eigenvalue weighted by atomic mass is 16.5. The first-order valence-corrected chi connectivity index (χ1v) is 7.56. The van der Waals surface area contributed by atoms with Crippen LogP contribution in [0.4, 0.5) is 11.4 Å². The maximum Gasteiger partial charge on any atom is 0.123 e. The summed E-state index contributed by atoms with van der Waals surface area (Å²) in [5, 5.41) is 13.6. The molecular weight excluding hydrogens is 252 g/mol. The van der Waals surface area contributed by atoms with Crippen molar-refractivity contribution in [2.24, 2.45) is 0 Å². The SMILES string of the molecule is CC(C)Oc1cc(N)cc(NC2CCCCCC2O)c1. The third-order valence-electron chi connectivity index (χ3n) is 3.63. The lowest BCUT2D eigenvalue weighted by atomic mass is 10.1. The van der Waals surface area contributed by atoms with Crippen LogP contribution in [0.3, 0.4) is 0 Å². The molecule has 0 heterocycles. The number of aliphatic hydroxyl groups excluding tert-OH is 1. The molecule has 1 aromatic rings. The Labute approximate surface area is 121 Å². The Kier molecular flexibility index (Phi) is 5.12. The van der Waals surface area contributed by atoms with E-state index in [9.17, 15) is 5.11 Å². The number of hydrogen-bond donors (Lipinski definition) is 3. The summed E-state index contributed by atoms with van der Waals surface area (Å²) in [4.78, 5) is 0. The van der Waals surface area contributed by atoms with Crippen LogP contribution in [0, 0.1) is 0 Å². The van der Waals surface area contributed by atoms with Crippen LogP contribution in [0.25, 0.3) is 0 Å². The number of benzene rings is 1. The molecule has 0 radical (unpaired) electrons. The van der Waals surface area contributed by atoms with Crippen LogP contribution < -0.4 is 15.8 Å².